The maximum absolute atomic E-state index is 11.4. The highest BCUT2D eigenvalue weighted by Gasteiger charge is 2.33. The zero-order valence-corrected chi connectivity index (χ0v) is 10.8. The Labute approximate surface area is 116 Å². The normalized spacial score (nSPS) is 14.3. The molecule has 1 aliphatic heterocycles. The van der Waals surface area contributed by atoms with E-state index in [9.17, 15) is 9.59 Å². The average molecular weight is 277 g/mol. The number of amides is 1. The molecular formula is C14H15NO5. The standard InChI is InChI=1S/C14H15NO5/c1-2-7-19-14(18)15-8-12(9-15)20-11-5-3-10(4-6-11)13(16)17/h2-6,12H,1,7-9H2,(H,16,17). The van der Waals surface area contributed by atoms with Crippen molar-refractivity contribution in [3.8, 4) is 5.75 Å². The predicted molar refractivity (Wildman–Crippen MR) is 70.9 cm³/mol. The van der Waals surface area contributed by atoms with Crippen molar-refractivity contribution in [2.75, 3.05) is 19.7 Å². The van der Waals surface area contributed by atoms with Crippen molar-refractivity contribution in [1.82, 2.24) is 4.90 Å². The van der Waals surface area contributed by atoms with Crippen LogP contribution in [0.25, 0.3) is 0 Å². The lowest BCUT2D eigenvalue weighted by molar-refractivity contribution is 0.0144. The molecule has 0 atom stereocenters. The van der Waals surface area contributed by atoms with Gasteiger partial charge in [0.05, 0.1) is 18.7 Å². The molecule has 1 saturated heterocycles. The van der Waals surface area contributed by atoms with E-state index in [1.165, 1.54) is 23.1 Å². The van der Waals surface area contributed by atoms with Crippen LogP contribution in [0.5, 0.6) is 5.75 Å². The Kier molecular flexibility index (Phi) is 4.24. The molecule has 1 amide bonds. The molecule has 0 saturated carbocycles. The molecule has 20 heavy (non-hydrogen) atoms. The number of carboxylic acid groups (broad SMARTS) is 1. The number of likely N-dealkylation sites (tertiary alicyclic amines) is 1. The Hall–Kier alpha value is -2.50. The number of hydrogen-bond acceptors (Lipinski definition) is 4. The lowest BCUT2D eigenvalue weighted by atomic mass is 10.2. The summed E-state index contributed by atoms with van der Waals surface area (Å²) in [5.41, 5.74) is 0.209. The number of rotatable bonds is 5. The van der Waals surface area contributed by atoms with Gasteiger partial charge in [-0.15, -0.1) is 0 Å². The number of carbonyl (C=O) groups excluding carboxylic acids is 1. The molecule has 1 aromatic rings. The van der Waals surface area contributed by atoms with Crippen LogP contribution in [0, 0.1) is 0 Å². The van der Waals surface area contributed by atoms with E-state index in [1.54, 1.807) is 12.1 Å². The molecule has 1 aliphatic rings. The summed E-state index contributed by atoms with van der Waals surface area (Å²) in [6, 6.07) is 6.16. The molecule has 0 aliphatic carbocycles. The summed E-state index contributed by atoms with van der Waals surface area (Å²) < 4.78 is 10.5. The largest absolute Gasteiger partial charge is 0.487 e. The van der Waals surface area contributed by atoms with Gasteiger partial charge in [-0.1, -0.05) is 12.7 Å². The number of nitrogens with zero attached hydrogens (tertiary/aromatic N) is 1. The maximum atomic E-state index is 11.4. The van der Waals surface area contributed by atoms with Crippen molar-refractivity contribution in [1.29, 1.82) is 0 Å². The summed E-state index contributed by atoms with van der Waals surface area (Å²) in [4.78, 5) is 23.7. The van der Waals surface area contributed by atoms with Crippen LogP contribution in [-0.2, 0) is 4.74 Å². The highest BCUT2D eigenvalue weighted by molar-refractivity contribution is 5.87. The van der Waals surface area contributed by atoms with Gasteiger partial charge in [0.15, 0.2) is 0 Å². The second-order valence-electron chi connectivity index (χ2n) is 4.34. The summed E-state index contributed by atoms with van der Waals surface area (Å²) in [5, 5.41) is 8.78. The minimum Gasteiger partial charge on any atom is -0.487 e. The van der Waals surface area contributed by atoms with E-state index >= 15 is 0 Å². The molecule has 0 aromatic heterocycles. The summed E-state index contributed by atoms with van der Waals surface area (Å²) in [7, 11) is 0. The lowest BCUT2D eigenvalue weighted by Gasteiger charge is -2.37. The van der Waals surface area contributed by atoms with E-state index in [0.29, 0.717) is 18.8 Å². The van der Waals surface area contributed by atoms with Crippen LogP contribution in [0.3, 0.4) is 0 Å². The quantitative estimate of drug-likeness (QED) is 0.830. The Balaban J connectivity index is 1.78. The molecule has 0 radical (unpaired) electrons. The third kappa shape index (κ3) is 3.28. The topological polar surface area (TPSA) is 76.1 Å². The minimum atomic E-state index is -0.976. The van der Waals surface area contributed by atoms with Gasteiger partial charge < -0.3 is 19.5 Å². The molecule has 2 rings (SSSR count). The van der Waals surface area contributed by atoms with Gasteiger partial charge in [-0.25, -0.2) is 9.59 Å². The van der Waals surface area contributed by atoms with Gasteiger partial charge in [0, 0.05) is 0 Å². The molecule has 6 heteroatoms. The van der Waals surface area contributed by atoms with E-state index in [2.05, 4.69) is 6.58 Å². The van der Waals surface area contributed by atoms with Crippen molar-refractivity contribution in [2.45, 2.75) is 6.10 Å². The van der Waals surface area contributed by atoms with Crippen LogP contribution < -0.4 is 4.74 Å². The second-order valence-corrected chi connectivity index (χ2v) is 4.34. The first kappa shape index (κ1) is 13.9. The fourth-order valence-corrected chi connectivity index (χ4v) is 1.75. The smallest absolute Gasteiger partial charge is 0.410 e. The van der Waals surface area contributed by atoms with E-state index in [1.807, 2.05) is 0 Å². The molecule has 1 aromatic carbocycles. The third-order valence-corrected chi connectivity index (χ3v) is 2.83. The van der Waals surface area contributed by atoms with Crippen LogP contribution in [0.4, 0.5) is 4.79 Å². The zero-order valence-electron chi connectivity index (χ0n) is 10.8. The summed E-state index contributed by atoms with van der Waals surface area (Å²) in [6.45, 7) is 4.57. The molecule has 1 heterocycles. The predicted octanol–water partition coefficient (Wildman–Crippen LogP) is 1.77. The van der Waals surface area contributed by atoms with E-state index in [0.717, 1.165) is 0 Å². The van der Waals surface area contributed by atoms with Crippen LogP contribution in [-0.4, -0.2) is 47.9 Å². The highest BCUT2D eigenvalue weighted by atomic mass is 16.6. The summed E-state index contributed by atoms with van der Waals surface area (Å²) >= 11 is 0. The number of aromatic carboxylic acids is 1. The Bertz CT molecular complexity index is 505. The van der Waals surface area contributed by atoms with Crippen molar-refractivity contribution in [2.24, 2.45) is 0 Å². The highest BCUT2D eigenvalue weighted by Crippen LogP contribution is 2.19. The molecule has 6 nitrogen and oxygen atoms in total. The van der Waals surface area contributed by atoms with Gasteiger partial charge in [-0.2, -0.15) is 0 Å². The summed E-state index contributed by atoms with van der Waals surface area (Å²) in [5.74, 6) is -0.393. The van der Waals surface area contributed by atoms with Crippen LogP contribution in [0.2, 0.25) is 0 Å². The molecule has 1 N–H and O–H groups in total. The first-order valence-corrected chi connectivity index (χ1v) is 6.12. The van der Waals surface area contributed by atoms with Gasteiger partial charge in [0.25, 0.3) is 0 Å². The van der Waals surface area contributed by atoms with Crippen molar-refractivity contribution in [3.05, 3.63) is 42.5 Å². The average Bonchev–Trinajstić information content (AvgIpc) is 2.40. The number of carboxylic acids is 1. The van der Waals surface area contributed by atoms with Gasteiger partial charge in [0.2, 0.25) is 0 Å². The third-order valence-electron chi connectivity index (χ3n) is 2.83. The monoisotopic (exact) mass is 277 g/mol. The fraction of sp³-hybridized carbons (Fsp3) is 0.286. The molecule has 0 bridgehead atoms. The van der Waals surface area contributed by atoms with Gasteiger partial charge in [-0.3, -0.25) is 0 Å². The summed E-state index contributed by atoms with van der Waals surface area (Å²) in [6.07, 6.45) is 1.03. The van der Waals surface area contributed by atoms with Crippen LogP contribution in [0.15, 0.2) is 36.9 Å². The Morgan fingerprint density at radius 2 is 2.00 bits per heavy atom. The number of ether oxygens (including phenoxy) is 2. The van der Waals surface area contributed by atoms with Gasteiger partial charge in [0.1, 0.15) is 18.5 Å². The van der Waals surface area contributed by atoms with Gasteiger partial charge in [-0.05, 0) is 24.3 Å². The number of hydrogen-bond donors (Lipinski definition) is 1. The van der Waals surface area contributed by atoms with Crippen LogP contribution >= 0.6 is 0 Å². The minimum absolute atomic E-state index is 0.0954. The molecule has 0 unspecified atom stereocenters. The van der Waals surface area contributed by atoms with E-state index < -0.39 is 5.97 Å². The lowest BCUT2D eigenvalue weighted by Crippen LogP contribution is -2.56. The van der Waals surface area contributed by atoms with Crippen molar-refractivity contribution in [3.63, 3.8) is 0 Å². The molecule has 0 spiro atoms. The zero-order chi connectivity index (χ0) is 14.5. The first-order valence-electron chi connectivity index (χ1n) is 6.12. The van der Waals surface area contributed by atoms with E-state index in [-0.39, 0.29) is 24.4 Å². The molecule has 106 valence electrons. The molecule has 1 fully saturated rings. The fourth-order valence-electron chi connectivity index (χ4n) is 1.75. The second kappa shape index (κ2) is 6.10. The van der Waals surface area contributed by atoms with Crippen molar-refractivity contribution < 1.29 is 24.2 Å². The van der Waals surface area contributed by atoms with E-state index in [4.69, 9.17) is 14.6 Å². The van der Waals surface area contributed by atoms with Crippen LogP contribution in [0.1, 0.15) is 10.4 Å². The molecular weight excluding hydrogens is 262 g/mol. The Morgan fingerprint density at radius 1 is 1.35 bits per heavy atom. The number of benzene rings is 1. The maximum Gasteiger partial charge on any atom is 0.410 e. The van der Waals surface area contributed by atoms with Gasteiger partial charge >= 0.3 is 12.1 Å². The van der Waals surface area contributed by atoms with Crippen molar-refractivity contribution >= 4 is 12.1 Å². The SMILES string of the molecule is C=CCOC(=O)N1CC(Oc2ccc(C(=O)O)cc2)C1. The first-order chi connectivity index (χ1) is 9.60. The Morgan fingerprint density at radius 3 is 2.55 bits per heavy atom. The number of carbonyl (C=O) groups is 2.